The number of carbonyl (C=O) groups excluding carboxylic acids is 1. The van der Waals surface area contributed by atoms with E-state index < -0.39 is 23.4 Å². The van der Waals surface area contributed by atoms with E-state index in [-0.39, 0.29) is 11.6 Å². The molecule has 0 spiro atoms. The fourth-order valence-electron chi connectivity index (χ4n) is 2.52. The van der Waals surface area contributed by atoms with Gasteiger partial charge in [0, 0.05) is 18.7 Å². The van der Waals surface area contributed by atoms with Gasteiger partial charge in [0.05, 0.1) is 0 Å². The smallest absolute Gasteiger partial charge is 0.254 e. The van der Waals surface area contributed by atoms with E-state index in [9.17, 15) is 18.0 Å². The Bertz CT molecular complexity index is 461. The van der Waals surface area contributed by atoms with E-state index in [1.165, 1.54) is 4.90 Å². The maximum absolute atomic E-state index is 13.1. The highest BCUT2D eigenvalue weighted by Gasteiger charge is 2.24. The second kappa shape index (κ2) is 5.63. The maximum atomic E-state index is 13.1. The van der Waals surface area contributed by atoms with Crippen LogP contribution in [0.1, 0.15) is 42.5 Å². The Morgan fingerprint density at radius 3 is 2.16 bits per heavy atom. The molecule has 0 aliphatic heterocycles. The summed E-state index contributed by atoms with van der Waals surface area (Å²) in [6, 6.07) is 1.59. The zero-order valence-electron chi connectivity index (χ0n) is 10.8. The number of hydrogen-bond donors (Lipinski definition) is 0. The number of nitrogens with zero attached hydrogens (tertiary/aromatic N) is 1. The molecule has 0 bridgehead atoms. The van der Waals surface area contributed by atoms with Crippen LogP contribution in [-0.4, -0.2) is 23.9 Å². The molecule has 1 amide bonds. The fourth-order valence-corrected chi connectivity index (χ4v) is 2.52. The molecule has 5 heteroatoms. The lowest BCUT2D eigenvalue weighted by atomic mass is 9.94. The Kier molecular flexibility index (Phi) is 4.12. The van der Waals surface area contributed by atoms with Crippen LogP contribution in [0.4, 0.5) is 13.2 Å². The van der Waals surface area contributed by atoms with Crippen molar-refractivity contribution in [3.63, 3.8) is 0 Å². The van der Waals surface area contributed by atoms with Crippen LogP contribution >= 0.6 is 0 Å². The molecule has 2 nitrogen and oxygen atoms in total. The zero-order chi connectivity index (χ0) is 14.0. The predicted molar refractivity (Wildman–Crippen MR) is 65.3 cm³/mol. The number of carbonyl (C=O) groups is 1. The number of rotatable bonds is 2. The van der Waals surface area contributed by atoms with E-state index in [1.54, 1.807) is 7.05 Å². The normalized spacial score (nSPS) is 16.4. The standard InChI is InChI=1S/C14H16F3NO/c1-18(10-5-3-2-4-6-10)14(19)9-7-11(15)13(17)12(16)8-9/h7-8,10H,2-6H2,1H3. The summed E-state index contributed by atoms with van der Waals surface area (Å²) in [5, 5.41) is 0. The predicted octanol–water partition coefficient (Wildman–Crippen LogP) is 3.51. The molecule has 0 aromatic heterocycles. The number of hydrogen-bond acceptors (Lipinski definition) is 1. The van der Waals surface area contributed by atoms with Gasteiger partial charge in [-0.1, -0.05) is 19.3 Å². The molecule has 0 unspecified atom stereocenters. The topological polar surface area (TPSA) is 20.3 Å². The SMILES string of the molecule is CN(C(=O)c1cc(F)c(F)c(F)c1)C1CCCCC1. The van der Waals surface area contributed by atoms with Crippen LogP contribution in [0, 0.1) is 17.5 Å². The number of benzene rings is 1. The first-order chi connectivity index (χ1) is 9.00. The Labute approximate surface area is 110 Å². The molecule has 19 heavy (non-hydrogen) atoms. The summed E-state index contributed by atoms with van der Waals surface area (Å²) in [7, 11) is 1.62. The monoisotopic (exact) mass is 271 g/mol. The van der Waals surface area contributed by atoms with Crippen molar-refractivity contribution in [3.05, 3.63) is 35.1 Å². The molecular weight excluding hydrogens is 255 g/mol. The molecule has 2 rings (SSSR count). The highest BCUT2D eigenvalue weighted by Crippen LogP contribution is 2.23. The minimum atomic E-state index is -1.54. The summed E-state index contributed by atoms with van der Waals surface area (Å²) in [6.07, 6.45) is 5.05. The Balaban J connectivity index is 2.18. The third-order valence-corrected chi connectivity index (χ3v) is 3.67. The lowest BCUT2D eigenvalue weighted by molar-refractivity contribution is 0.0695. The first-order valence-electron chi connectivity index (χ1n) is 6.42. The summed E-state index contributed by atoms with van der Waals surface area (Å²) in [4.78, 5) is 13.6. The summed E-state index contributed by atoms with van der Waals surface area (Å²) >= 11 is 0. The molecule has 1 saturated carbocycles. The van der Waals surface area contributed by atoms with E-state index in [0.717, 1.165) is 44.2 Å². The van der Waals surface area contributed by atoms with Gasteiger partial charge in [-0.05, 0) is 25.0 Å². The molecule has 1 aromatic carbocycles. The van der Waals surface area contributed by atoms with Crippen LogP contribution in [-0.2, 0) is 0 Å². The van der Waals surface area contributed by atoms with Crippen LogP contribution in [0.3, 0.4) is 0 Å². The quantitative estimate of drug-likeness (QED) is 0.754. The molecule has 0 heterocycles. The van der Waals surface area contributed by atoms with Crippen LogP contribution in [0.25, 0.3) is 0 Å². The molecule has 0 saturated heterocycles. The molecule has 1 aliphatic rings. The third kappa shape index (κ3) is 2.91. The summed E-state index contributed by atoms with van der Waals surface area (Å²) < 4.78 is 39.1. The second-order valence-corrected chi connectivity index (χ2v) is 4.96. The summed E-state index contributed by atoms with van der Waals surface area (Å²) in [6.45, 7) is 0. The van der Waals surface area contributed by atoms with Crippen molar-refractivity contribution in [3.8, 4) is 0 Å². The lowest BCUT2D eigenvalue weighted by Crippen LogP contribution is -2.38. The van der Waals surface area contributed by atoms with Gasteiger partial charge in [0.25, 0.3) is 5.91 Å². The van der Waals surface area contributed by atoms with Crippen LogP contribution in [0.15, 0.2) is 12.1 Å². The molecule has 104 valence electrons. The van der Waals surface area contributed by atoms with Gasteiger partial charge in [0.2, 0.25) is 0 Å². The highest BCUT2D eigenvalue weighted by molar-refractivity contribution is 5.94. The van der Waals surface area contributed by atoms with E-state index >= 15 is 0 Å². The van der Waals surface area contributed by atoms with Gasteiger partial charge in [0.1, 0.15) is 0 Å². The minimum absolute atomic E-state index is 0.0948. The Hall–Kier alpha value is -1.52. The summed E-state index contributed by atoms with van der Waals surface area (Å²) in [5.74, 6) is -4.68. The summed E-state index contributed by atoms with van der Waals surface area (Å²) in [5.41, 5.74) is -0.149. The van der Waals surface area contributed by atoms with Crippen molar-refractivity contribution >= 4 is 5.91 Å². The first-order valence-corrected chi connectivity index (χ1v) is 6.42. The average Bonchev–Trinajstić information content (AvgIpc) is 2.43. The van der Waals surface area contributed by atoms with E-state index in [0.29, 0.717) is 0 Å². The van der Waals surface area contributed by atoms with E-state index in [4.69, 9.17) is 0 Å². The molecule has 0 atom stereocenters. The molecule has 1 fully saturated rings. The van der Waals surface area contributed by atoms with Gasteiger partial charge in [-0.25, -0.2) is 13.2 Å². The van der Waals surface area contributed by atoms with Crippen molar-refractivity contribution in [1.29, 1.82) is 0 Å². The maximum Gasteiger partial charge on any atom is 0.254 e. The van der Waals surface area contributed by atoms with Crippen molar-refractivity contribution in [2.75, 3.05) is 7.05 Å². The molecule has 1 aliphatic carbocycles. The highest BCUT2D eigenvalue weighted by atomic mass is 19.2. The van der Waals surface area contributed by atoms with Crippen molar-refractivity contribution < 1.29 is 18.0 Å². The van der Waals surface area contributed by atoms with Gasteiger partial charge in [-0.3, -0.25) is 4.79 Å². The largest absolute Gasteiger partial charge is 0.339 e. The fraction of sp³-hybridized carbons (Fsp3) is 0.500. The molecular formula is C14H16F3NO. The van der Waals surface area contributed by atoms with Crippen LogP contribution in [0.5, 0.6) is 0 Å². The van der Waals surface area contributed by atoms with Crippen molar-refractivity contribution in [1.82, 2.24) is 4.90 Å². The van der Waals surface area contributed by atoms with Crippen LogP contribution in [0.2, 0.25) is 0 Å². The second-order valence-electron chi connectivity index (χ2n) is 4.96. The number of halogens is 3. The lowest BCUT2D eigenvalue weighted by Gasteiger charge is -2.31. The Morgan fingerprint density at radius 2 is 1.63 bits per heavy atom. The third-order valence-electron chi connectivity index (χ3n) is 3.67. The Morgan fingerprint density at radius 1 is 1.11 bits per heavy atom. The molecule has 0 N–H and O–H groups in total. The van der Waals surface area contributed by atoms with Gasteiger partial charge < -0.3 is 4.90 Å². The zero-order valence-corrected chi connectivity index (χ0v) is 10.8. The van der Waals surface area contributed by atoms with Gasteiger partial charge in [-0.2, -0.15) is 0 Å². The van der Waals surface area contributed by atoms with Gasteiger partial charge >= 0.3 is 0 Å². The van der Waals surface area contributed by atoms with Gasteiger partial charge in [0.15, 0.2) is 17.5 Å². The van der Waals surface area contributed by atoms with Crippen molar-refractivity contribution in [2.45, 2.75) is 38.1 Å². The van der Waals surface area contributed by atoms with E-state index in [2.05, 4.69) is 0 Å². The van der Waals surface area contributed by atoms with Crippen molar-refractivity contribution in [2.24, 2.45) is 0 Å². The van der Waals surface area contributed by atoms with Crippen LogP contribution < -0.4 is 0 Å². The van der Waals surface area contributed by atoms with E-state index in [1.807, 2.05) is 0 Å². The molecule has 0 radical (unpaired) electrons. The average molecular weight is 271 g/mol. The molecule has 1 aromatic rings. The number of amides is 1. The van der Waals surface area contributed by atoms with Gasteiger partial charge in [-0.15, -0.1) is 0 Å². The first kappa shape index (κ1) is 13.9. The minimum Gasteiger partial charge on any atom is -0.339 e.